The third-order valence-electron chi connectivity index (χ3n) is 3.67. The molecule has 0 spiro atoms. The minimum atomic E-state index is -3.70. The summed E-state index contributed by atoms with van der Waals surface area (Å²) in [5.74, 6) is -3.95. The van der Waals surface area contributed by atoms with Gasteiger partial charge in [-0.3, -0.25) is 9.71 Å². The van der Waals surface area contributed by atoms with Crippen LogP contribution >= 0.6 is 11.8 Å². The molecule has 9 nitrogen and oxygen atoms in total. The molecule has 0 saturated heterocycles. The molecule has 0 unspecified atom stereocenters. The molecule has 2 aromatic heterocycles. The molecule has 0 aliphatic carbocycles. The van der Waals surface area contributed by atoms with Gasteiger partial charge in [0.2, 0.25) is 21.9 Å². The summed E-state index contributed by atoms with van der Waals surface area (Å²) in [5.41, 5.74) is -0.253. The average molecular weight is 463 g/mol. The zero-order chi connectivity index (χ0) is 22.4. The quantitative estimate of drug-likeness (QED) is 0.431. The molecule has 30 heavy (non-hydrogen) atoms. The predicted octanol–water partition coefficient (Wildman–Crippen LogP) is 2.34. The molecule has 13 heteroatoms. The van der Waals surface area contributed by atoms with Gasteiger partial charge < -0.3 is 10.4 Å². The lowest BCUT2D eigenvalue weighted by atomic mass is 10.0. The SMILES string of the molecule is CC(C)C[C@H](CO)Nc1nc(NS(C)(=O)=O)nc(SCC(F)(F)c2cccnc2)n1. The number of pyridine rings is 1. The molecule has 0 fully saturated rings. The predicted molar refractivity (Wildman–Crippen MR) is 111 cm³/mol. The Morgan fingerprint density at radius 1 is 1.23 bits per heavy atom. The Kier molecular flexibility index (Phi) is 8.26. The number of anilines is 2. The first-order valence-corrected chi connectivity index (χ1v) is 11.9. The molecule has 2 heterocycles. The molecule has 166 valence electrons. The summed E-state index contributed by atoms with van der Waals surface area (Å²) in [5, 5.41) is 12.3. The van der Waals surface area contributed by atoms with Crippen molar-refractivity contribution in [1.29, 1.82) is 0 Å². The van der Waals surface area contributed by atoms with Crippen molar-refractivity contribution < 1.29 is 22.3 Å². The lowest BCUT2D eigenvalue weighted by molar-refractivity contribution is 0.0227. The first kappa shape index (κ1) is 24.2. The smallest absolute Gasteiger partial charge is 0.284 e. The maximum absolute atomic E-state index is 14.4. The summed E-state index contributed by atoms with van der Waals surface area (Å²) < 4.78 is 54.1. The summed E-state index contributed by atoms with van der Waals surface area (Å²) >= 11 is 0.648. The van der Waals surface area contributed by atoms with E-state index in [0.717, 1.165) is 12.5 Å². The van der Waals surface area contributed by atoms with Gasteiger partial charge in [0.05, 0.1) is 24.7 Å². The molecule has 1 atom stereocenters. The summed E-state index contributed by atoms with van der Waals surface area (Å²) in [4.78, 5) is 15.7. The van der Waals surface area contributed by atoms with E-state index in [1.165, 1.54) is 18.3 Å². The number of aliphatic hydroxyl groups is 1. The maximum Gasteiger partial charge on any atom is 0.284 e. The lowest BCUT2D eigenvalue weighted by Gasteiger charge is -2.19. The maximum atomic E-state index is 14.4. The molecule has 0 bridgehead atoms. The summed E-state index contributed by atoms with van der Waals surface area (Å²) in [6.07, 6.45) is 3.99. The first-order chi connectivity index (χ1) is 14.0. The monoisotopic (exact) mass is 462 g/mol. The standard InChI is InChI=1S/C17H24F2N6O3S2/c1-11(2)7-13(9-26)21-14-22-15(25-30(3,27)28)24-16(23-14)29-10-17(18,19)12-5-4-6-20-8-12/h4-6,8,11,13,26H,7,9-10H2,1-3H3,(H2,21,22,23,24,25)/t13-/m1/s1. The molecular weight excluding hydrogens is 438 g/mol. The van der Waals surface area contributed by atoms with Crippen LogP contribution in [0.5, 0.6) is 0 Å². The Balaban J connectivity index is 2.25. The minimum Gasteiger partial charge on any atom is -0.394 e. The van der Waals surface area contributed by atoms with Gasteiger partial charge in [-0.2, -0.15) is 15.0 Å². The van der Waals surface area contributed by atoms with Crippen LogP contribution in [0.2, 0.25) is 0 Å². The number of nitrogens with zero attached hydrogens (tertiary/aromatic N) is 4. The average Bonchev–Trinajstić information content (AvgIpc) is 2.65. The van der Waals surface area contributed by atoms with E-state index in [1.807, 2.05) is 13.8 Å². The molecule has 0 aliphatic heterocycles. The fraction of sp³-hybridized carbons (Fsp3) is 0.529. The van der Waals surface area contributed by atoms with Crippen molar-refractivity contribution in [3.63, 3.8) is 0 Å². The van der Waals surface area contributed by atoms with Crippen LogP contribution in [0.4, 0.5) is 20.7 Å². The summed E-state index contributed by atoms with van der Waals surface area (Å²) in [6, 6.07) is 2.28. The highest BCUT2D eigenvalue weighted by Crippen LogP contribution is 2.33. The molecule has 0 aromatic carbocycles. The van der Waals surface area contributed by atoms with Gasteiger partial charge in [0.15, 0.2) is 5.16 Å². The number of halogens is 2. The number of hydrogen-bond donors (Lipinski definition) is 3. The fourth-order valence-electron chi connectivity index (χ4n) is 2.45. The van der Waals surface area contributed by atoms with Gasteiger partial charge in [-0.1, -0.05) is 25.6 Å². The van der Waals surface area contributed by atoms with Gasteiger partial charge >= 0.3 is 0 Å². The normalized spacial score (nSPS) is 13.3. The Hall–Kier alpha value is -2.12. The number of rotatable bonds is 11. The Morgan fingerprint density at radius 3 is 2.50 bits per heavy atom. The van der Waals surface area contributed by atoms with Gasteiger partial charge in [0.25, 0.3) is 5.92 Å². The zero-order valence-electron chi connectivity index (χ0n) is 16.7. The van der Waals surface area contributed by atoms with Gasteiger partial charge in [-0.05, 0) is 24.5 Å². The van der Waals surface area contributed by atoms with Gasteiger partial charge in [-0.15, -0.1) is 0 Å². The number of aliphatic hydroxyl groups excluding tert-OH is 1. The van der Waals surface area contributed by atoms with Crippen molar-refractivity contribution in [3.05, 3.63) is 30.1 Å². The molecule has 0 radical (unpaired) electrons. The van der Waals surface area contributed by atoms with E-state index in [4.69, 9.17) is 0 Å². The summed E-state index contributed by atoms with van der Waals surface area (Å²) in [7, 11) is -3.70. The first-order valence-electron chi connectivity index (χ1n) is 9.01. The van der Waals surface area contributed by atoms with Crippen LogP contribution in [0.3, 0.4) is 0 Å². The zero-order valence-corrected chi connectivity index (χ0v) is 18.3. The van der Waals surface area contributed by atoms with E-state index >= 15 is 0 Å². The molecule has 0 amide bonds. The highest BCUT2D eigenvalue weighted by atomic mass is 32.2. The molecule has 0 saturated carbocycles. The van der Waals surface area contributed by atoms with Gasteiger partial charge in [0, 0.05) is 18.0 Å². The van der Waals surface area contributed by atoms with Crippen LogP contribution in [0.25, 0.3) is 0 Å². The summed E-state index contributed by atoms with van der Waals surface area (Å²) in [6.45, 7) is 3.73. The minimum absolute atomic E-state index is 0.0250. The van der Waals surface area contributed by atoms with Crippen LogP contribution in [0.1, 0.15) is 25.8 Å². The van der Waals surface area contributed by atoms with Crippen LogP contribution in [-0.4, -0.2) is 58.1 Å². The van der Waals surface area contributed by atoms with Gasteiger partial charge in [0.1, 0.15) is 0 Å². The van der Waals surface area contributed by atoms with Crippen molar-refractivity contribution in [3.8, 4) is 0 Å². The second-order valence-electron chi connectivity index (χ2n) is 7.03. The number of thioether (sulfide) groups is 1. The van der Waals surface area contributed by atoms with E-state index in [-0.39, 0.29) is 35.1 Å². The second-order valence-corrected chi connectivity index (χ2v) is 9.72. The number of hydrogen-bond acceptors (Lipinski definition) is 9. The number of alkyl halides is 2. The highest BCUT2D eigenvalue weighted by molar-refractivity contribution is 7.99. The second kappa shape index (κ2) is 10.3. The van der Waals surface area contributed by atoms with Crippen molar-refractivity contribution in [1.82, 2.24) is 19.9 Å². The van der Waals surface area contributed by atoms with E-state index < -0.39 is 27.7 Å². The van der Waals surface area contributed by atoms with Crippen LogP contribution in [0, 0.1) is 5.92 Å². The largest absolute Gasteiger partial charge is 0.394 e. The van der Waals surface area contributed by atoms with E-state index in [0.29, 0.717) is 18.2 Å². The number of aromatic nitrogens is 4. The molecule has 2 rings (SSSR count). The van der Waals surface area contributed by atoms with Crippen molar-refractivity contribution in [2.75, 3.05) is 28.7 Å². The lowest BCUT2D eigenvalue weighted by Crippen LogP contribution is -2.27. The Bertz CT molecular complexity index is 932. The van der Waals surface area contributed by atoms with Crippen LogP contribution < -0.4 is 10.0 Å². The van der Waals surface area contributed by atoms with E-state index in [9.17, 15) is 22.3 Å². The molecular formula is C17H24F2N6O3S2. The van der Waals surface area contributed by atoms with Crippen molar-refractivity contribution >= 4 is 33.7 Å². The van der Waals surface area contributed by atoms with Gasteiger partial charge in [-0.25, -0.2) is 17.2 Å². The van der Waals surface area contributed by atoms with E-state index in [1.54, 1.807) is 0 Å². The van der Waals surface area contributed by atoms with Crippen LogP contribution in [0.15, 0.2) is 29.7 Å². The van der Waals surface area contributed by atoms with Crippen molar-refractivity contribution in [2.24, 2.45) is 5.92 Å². The third kappa shape index (κ3) is 7.95. The molecule has 0 aliphatic rings. The number of nitrogens with one attached hydrogen (secondary N) is 2. The third-order valence-corrected chi connectivity index (χ3v) is 5.17. The molecule has 2 aromatic rings. The Labute approximate surface area is 178 Å². The highest BCUT2D eigenvalue weighted by Gasteiger charge is 2.32. The molecule has 3 N–H and O–H groups in total. The Morgan fingerprint density at radius 2 is 1.93 bits per heavy atom. The number of sulfonamides is 1. The van der Waals surface area contributed by atoms with Crippen LogP contribution in [-0.2, 0) is 15.9 Å². The van der Waals surface area contributed by atoms with Crippen molar-refractivity contribution in [2.45, 2.75) is 37.4 Å². The topological polar surface area (TPSA) is 130 Å². The fourth-order valence-corrected chi connectivity index (χ4v) is 3.65. The van der Waals surface area contributed by atoms with E-state index in [2.05, 4.69) is 30.0 Å².